The van der Waals surface area contributed by atoms with Crippen molar-refractivity contribution in [3.05, 3.63) is 16.7 Å². The molecule has 4 atom stereocenters. The van der Waals surface area contributed by atoms with E-state index in [9.17, 15) is 14.3 Å². The molecule has 126 valence electrons. The van der Waals surface area contributed by atoms with Gasteiger partial charge in [0, 0.05) is 13.8 Å². The molecule has 0 spiro atoms. The molecule has 0 saturated carbocycles. The Morgan fingerprint density at radius 2 is 2.48 bits per heavy atom. The van der Waals surface area contributed by atoms with Crippen molar-refractivity contribution in [1.29, 1.82) is 0 Å². The first-order valence-electron chi connectivity index (χ1n) is 8.04. The van der Waals surface area contributed by atoms with Crippen molar-refractivity contribution in [1.82, 2.24) is 19.5 Å². The first-order chi connectivity index (χ1) is 11.4. The molecule has 8 nitrogen and oxygen atoms in total. The van der Waals surface area contributed by atoms with E-state index in [1.807, 2.05) is 0 Å². The van der Waals surface area contributed by atoms with E-state index in [2.05, 4.69) is 20.3 Å². The molecule has 0 aromatic carbocycles. The number of aliphatic hydroxyl groups is 1. The lowest BCUT2D eigenvalue weighted by molar-refractivity contribution is -0.100. The van der Waals surface area contributed by atoms with Crippen LogP contribution in [0.25, 0.3) is 11.2 Å². The number of alkyl halides is 1. The van der Waals surface area contributed by atoms with Gasteiger partial charge in [0.1, 0.15) is 0 Å². The Morgan fingerprint density at radius 1 is 1.70 bits per heavy atom. The van der Waals surface area contributed by atoms with Crippen LogP contribution in [0.2, 0.25) is 0 Å². The molecule has 0 aliphatic carbocycles. The van der Waals surface area contributed by atoms with Crippen molar-refractivity contribution in [2.45, 2.75) is 38.7 Å². The lowest BCUT2D eigenvalue weighted by Gasteiger charge is -2.25. The van der Waals surface area contributed by atoms with Crippen molar-refractivity contribution in [2.75, 3.05) is 18.5 Å². The summed E-state index contributed by atoms with van der Waals surface area (Å²) in [5, 5.41) is 12.3. The second-order valence-electron chi connectivity index (χ2n) is 5.88. The number of anilines is 1. The summed E-state index contributed by atoms with van der Waals surface area (Å²) >= 11 is 0. The van der Waals surface area contributed by atoms with Crippen LogP contribution in [0.15, 0.2) is 11.1 Å². The Hall–Kier alpha value is -2.00. The van der Waals surface area contributed by atoms with Gasteiger partial charge in [0.15, 0.2) is 23.6 Å². The number of nitrogens with zero attached hydrogens (tertiary/aromatic N) is 3. The highest BCUT2D eigenvalue weighted by Crippen LogP contribution is 2.43. The van der Waals surface area contributed by atoms with Crippen LogP contribution in [0.4, 0.5) is 10.3 Å². The lowest BCUT2D eigenvalue weighted by Crippen LogP contribution is -2.36. The molecule has 1 aliphatic rings. The van der Waals surface area contributed by atoms with E-state index in [-0.39, 0.29) is 30.6 Å². The number of rotatable bonds is 4. The molecule has 9 heteroatoms. The number of hydrogen-bond donors (Lipinski definition) is 3. The quantitative estimate of drug-likeness (QED) is 0.767. The van der Waals surface area contributed by atoms with E-state index >= 15 is 0 Å². The molecule has 3 N–H and O–H groups in total. The van der Waals surface area contributed by atoms with Gasteiger partial charge in [-0.1, -0.05) is 6.92 Å². The average molecular weight is 327 g/mol. The van der Waals surface area contributed by atoms with Crippen molar-refractivity contribution in [3.8, 4) is 0 Å². The molecule has 1 saturated heterocycles. The fraction of sp³-hybridized carbons (Fsp3) is 0.643. The van der Waals surface area contributed by atoms with E-state index < -0.39 is 29.5 Å². The summed E-state index contributed by atoms with van der Waals surface area (Å²) in [5.41, 5.74) is -1.22. The summed E-state index contributed by atoms with van der Waals surface area (Å²) < 4.78 is 29.0. The van der Waals surface area contributed by atoms with Crippen molar-refractivity contribution >= 4 is 17.1 Å². The summed E-state index contributed by atoms with van der Waals surface area (Å²) in [6, 6.07) is 0. The van der Waals surface area contributed by atoms with Crippen molar-refractivity contribution < 1.29 is 15.6 Å². The van der Waals surface area contributed by atoms with Crippen LogP contribution in [0.5, 0.6) is 0 Å². The second kappa shape index (κ2) is 5.57. The first kappa shape index (κ1) is 14.6. The zero-order valence-corrected chi connectivity index (χ0v) is 12.9. The summed E-state index contributed by atoms with van der Waals surface area (Å²) in [6.07, 6.45) is -1.10. The average Bonchev–Trinajstić information content (AvgIpc) is 3.09. The standard InChI is InChI=1S/C14H20FN5O3/c1-4-16-13-18-10-9(11(22)19-13)17-6-20(10)12-8(15)7(2)14(3,5-21)23-12/h6-8,12,21H,4-5H2,1-3H3,(H2,16,18,19,22)/t7-,8+,12+,14+/m0/s1/i1T. The maximum atomic E-state index is 14.7. The third kappa shape index (κ3) is 2.40. The molecule has 3 rings (SSSR count). The molecule has 0 bridgehead atoms. The summed E-state index contributed by atoms with van der Waals surface area (Å²) in [5.74, 6) is -0.347. The normalized spacial score (nSPS) is 31.5. The summed E-state index contributed by atoms with van der Waals surface area (Å²) in [4.78, 5) is 22.9. The van der Waals surface area contributed by atoms with Gasteiger partial charge in [-0.15, -0.1) is 0 Å². The number of fused-ring (bicyclic) bond motifs is 1. The van der Waals surface area contributed by atoms with Gasteiger partial charge in [0.2, 0.25) is 5.95 Å². The molecule has 0 unspecified atom stereocenters. The van der Waals surface area contributed by atoms with E-state index in [1.54, 1.807) is 13.8 Å². The highest BCUT2D eigenvalue weighted by Gasteiger charge is 2.51. The van der Waals surface area contributed by atoms with E-state index in [0.29, 0.717) is 6.54 Å². The van der Waals surface area contributed by atoms with E-state index in [0.717, 1.165) is 0 Å². The summed E-state index contributed by atoms with van der Waals surface area (Å²) in [6.45, 7) is 3.42. The number of ether oxygens (including phenoxy) is 1. The van der Waals surface area contributed by atoms with Crippen LogP contribution in [0, 0.1) is 5.92 Å². The van der Waals surface area contributed by atoms with Crippen LogP contribution in [-0.2, 0) is 4.74 Å². The molecule has 1 aliphatic heterocycles. The number of imidazole rings is 1. The number of aliphatic hydroxyl groups excluding tert-OH is 1. The van der Waals surface area contributed by atoms with Crippen molar-refractivity contribution in [2.24, 2.45) is 5.92 Å². The molecule has 2 aromatic rings. The van der Waals surface area contributed by atoms with Gasteiger partial charge < -0.3 is 15.2 Å². The minimum atomic E-state index is -1.38. The first-order valence-corrected chi connectivity index (χ1v) is 7.34. The molecular formula is C14H20FN5O3. The molecule has 2 aromatic heterocycles. The van der Waals surface area contributed by atoms with Gasteiger partial charge in [-0.3, -0.25) is 14.3 Å². The minimum absolute atomic E-state index is 0.0764. The number of aromatic nitrogens is 4. The SMILES string of the molecule is [3H]CCNc1nc2c(ncn2[C@@H]2O[C@](C)(CO)[C@@H](C)[C@H]2F)c(=O)[nH]1. The maximum absolute atomic E-state index is 14.7. The van der Waals surface area contributed by atoms with Crippen molar-refractivity contribution in [3.63, 3.8) is 0 Å². The number of aromatic amines is 1. The van der Waals surface area contributed by atoms with Gasteiger partial charge in [-0.25, -0.2) is 9.37 Å². The Labute approximate surface area is 133 Å². The minimum Gasteiger partial charge on any atom is -0.393 e. The fourth-order valence-corrected chi connectivity index (χ4v) is 2.74. The highest BCUT2D eigenvalue weighted by atomic mass is 19.1. The topological polar surface area (TPSA) is 105 Å². The fourth-order valence-electron chi connectivity index (χ4n) is 2.74. The molecule has 0 amide bonds. The van der Waals surface area contributed by atoms with E-state index in [4.69, 9.17) is 6.11 Å². The number of nitrogens with one attached hydrogen (secondary N) is 2. The molecular weight excluding hydrogens is 305 g/mol. The number of H-pyrrole nitrogens is 1. The largest absolute Gasteiger partial charge is 0.393 e. The van der Waals surface area contributed by atoms with Gasteiger partial charge >= 0.3 is 0 Å². The number of hydrogen-bond acceptors (Lipinski definition) is 6. The second-order valence-corrected chi connectivity index (χ2v) is 5.88. The Kier molecular flexibility index (Phi) is 3.53. The third-order valence-corrected chi connectivity index (χ3v) is 4.42. The molecule has 3 heterocycles. The molecule has 1 fully saturated rings. The Morgan fingerprint density at radius 3 is 3.13 bits per heavy atom. The molecule has 0 radical (unpaired) electrons. The van der Waals surface area contributed by atoms with Gasteiger partial charge in [-0.2, -0.15) is 4.98 Å². The maximum Gasteiger partial charge on any atom is 0.280 e. The summed E-state index contributed by atoms with van der Waals surface area (Å²) in [7, 11) is 0. The van der Waals surface area contributed by atoms with Gasteiger partial charge in [0.25, 0.3) is 5.56 Å². The van der Waals surface area contributed by atoms with E-state index in [1.165, 1.54) is 10.9 Å². The predicted molar refractivity (Wildman–Crippen MR) is 82.0 cm³/mol. The Bertz CT molecular complexity index is 796. The molecule has 23 heavy (non-hydrogen) atoms. The van der Waals surface area contributed by atoms with Gasteiger partial charge in [0.05, 0.1) is 18.5 Å². The highest BCUT2D eigenvalue weighted by molar-refractivity contribution is 5.70. The predicted octanol–water partition coefficient (Wildman–Crippen LogP) is 0.805. The Balaban J connectivity index is 2.04. The van der Waals surface area contributed by atoms with Crippen LogP contribution >= 0.6 is 0 Å². The van der Waals surface area contributed by atoms with Crippen LogP contribution in [0.3, 0.4) is 0 Å². The monoisotopic (exact) mass is 327 g/mol. The van der Waals surface area contributed by atoms with Crippen LogP contribution < -0.4 is 10.9 Å². The third-order valence-electron chi connectivity index (χ3n) is 4.42. The van der Waals surface area contributed by atoms with Crippen LogP contribution in [0.1, 0.15) is 28.3 Å². The zero-order valence-electron chi connectivity index (χ0n) is 13.9. The number of halogens is 1. The van der Waals surface area contributed by atoms with Gasteiger partial charge in [-0.05, 0) is 13.8 Å². The lowest BCUT2D eigenvalue weighted by atomic mass is 9.90. The smallest absolute Gasteiger partial charge is 0.280 e. The van der Waals surface area contributed by atoms with Crippen LogP contribution in [-0.4, -0.2) is 49.5 Å². The zero-order chi connectivity index (χ0) is 17.5.